The summed E-state index contributed by atoms with van der Waals surface area (Å²) in [5, 5.41) is 0. The summed E-state index contributed by atoms with van der Waals surface area (Å²) in [6, 6.07) is 0.521. The maximum Gasteiger partial charge on any atom is 0.226 e. The summed E-state index contributed by atoms with van der Waals surface area (Å²) in [5.41, 5.74) is 5.65. The third-order valence-corrected chi connectivity index (χ3v) is 4.16. The lowest BCUT2D eigenvalue weighted by atomic mass is 10.1. The second-order valence-electron chi connectivity index (χ2n) is 5.22. The lowest BCUT2D eigenvalue weighted by molar-refractivity contribution is -0.134. The third kappa shape index (κ3) is 3.02. The Hall–Kier alpha value is -0.650. The van der Waals surface area contributed by atoms with Crippen molar-refractivity contribution in [1.82, 2.24) is 9.80 Å². The molecule has 2 saturated heterocycles. The molecule has 0 aromatic rings. The van der Waals surface area contributed by atoms with Crippen LogP contribution in [0.3, 0.4) is 0 Å². The van der Waals surface area contributed by atoms with Crippen molar-refractivity contribution in [3.05, 3.63) is 0 Å². The SMILES string of the molecule is CCC(CN)C(=O)N1CCC(N2CCOCC2)C1. The summed E-state index contributed by atoms with van der Waals surface area (Å²) < 4.78 is 5.37. The van der Waals surface area contributed by atoms with Gasteiger partial charge in [-0.15, -0.1) is 0 Å². The van der Waals surface area contributed by atoms with Crippen LogP contribution in [-0.2, 0) is 9.53 Å². The predicted octanol–water partition coefficient (Wildman–Crippen LogP) is -0.0956. The van der Waals surface area contributed by atoms with Crippen LogP contribution in [0.15, 0.2) is 0 Å². The van der Waals surface area contributed by atoms with E-state index in [4.69, 9.17) is 10.5 Å². The molecule has 2 unspecified atom stereocenters. The minimum Gasteiger partial charge on any atom is -0.379 e. The van der Waals surface area contributed by atoms with E-state index in [1.807, 2.05) is 11.8 Å². The Morgan fingerprint density at radius 2 is 2.11 bits per heavy atom. The molecule has 2 aliphatic heterocycles. The van der Waals surface area contributed by atoms with Gasteiger partial charge in [0, 0.05) is 38.8 Å². The standard InChI is InChI=1S/C13H25N3O2/c1-2-11(9-14)13(17)16-4-3-12(10-16)15-5-7-18-8-6-15/h11-12H,2-10,14H2,1H3. The summed E-state index contributed by atoms with van der Waals surface area (Å²) in [5.74, 6) is 0.254. The van der Waals surface area contributed by atoms with E-state index in [0.29, 0.717) is 12.6 Å². The van der Waals surface area contributed by atoms with Crippen LogP contribution < -0.4 is 5.73 Å². The van der Waals surface area contributed by atoms with E-state index >= 15 is 0 Å². The van der Waals surface area contributed by atoms with Gasteiger partial charge in [0.1, 0.15) is 0 Å². The number of carbonyl (C=O) groups excluding carboxylic acids is 1. The zero-order chi connectivity index (χ0) is 13.0. The number of amides is 1. The second kappa shape index (κ2) is 6.50. The van der Waals surface area contributed by atoms with Crippen LogP contribution in [-0.4, -0.2) is 67.7 Å². The first kappa shape index (κ1) is 13.8. The molecule has 5 nitrogen and oxygen atoms in total. The molecule has 2 aliphatic rings. The van der Waals surface area contributed by atoms with E-state index in [2.05, 4.69) is 4.90 Å². The first-order valence-corrected chi connectivity index (χ1v) is 7.07. The van der Waals surface area contributed by atoms with Crippen molar-refractivity contribution in [3.8, 4) is 0 Å². The zero-order valence-corrected chi connectivity index (χ0v) is 11.3. The summed E-state index contributed by atoms with van der Waals surface area (Å²) in [4.78, 5) is 16.7. The Morgan fingerprint density at radius 3 is 2.72 bits per heavy atom. The number of rotatable bonds is 4. The van der Waals surface area contributed by atoms with Gasteiger partial charge in [-0.3, -0.25) is 9.69 Å². The monoisotopic (exact) mass is 255 g/mol. The van der Waals surface area contributed by atoms with Crippen LogP contribution in [0.4, 0.5) is 0 Å². The fourth-order valence-electron chi connectivity index (χ4n) is 2.88. The molecular weight excluding hydrogens is 230 g/mol. The fourth-order valence-corrected chi connectivity index (χ4v) is 2.88. The largest absolute Gasteiger partial charge is 0.379 e. The molecule has 0 aliphatic carbocycles. The van der Waals surface area contributed by atoms with Gasteiger partial charge in [0.2, 0.25) is 5.91 Å². The minimum atomic E-state index is 0.00781. The van der Waals surface area contributed by atoms with E-state index in [0.717, 1.165) is 52.2 Å². The Kier molecular flexibility index (Phi) is 4.97. The molecule has 5 heteroatoms. The van der Waals surface area contributed by atoms with Gasteiger partial charge in [-0.05, 0) is 12.8 Å². The number of hydrogen-bond acceptors (Lipinski definition) is 4. The maximum absolute atomic E-state index is 12.2. The lowest BCUT2D eigenvalue weighted by Crippen LogP contribution is -2.46. The Morgan fingerprint density at radius 1 is 1.39 bits per heavy atom. The smallest absolute Gasteiger partial charge is 0.226 e. The van der Waals surface area contributed by atoms with E-state index in [-0.39, 0.29) is 11.8 Å². The van der Waals surface area contributed by atoms with E-state index in [9.17, 15) is 4.79 Å². The van der Waals surface area contributed by atoms with Crippen LogP contribution >= 0.6 is 0 Å². The van der Waals surface area contributed by atoms with Crippen LogP contribution in [0, 0.1) is 5.92 Å². The van der Waals surface area contributed by atoms with Crippen LogP contribution in [0.5, 0.6) is 0 Å². The minimum absolute atomic E-state index is 0.00781. The maximum atomic E-state index is 12.2. The van der Waals surface area contributed by atoms with Crippen LogP contribution in [0.2, 0.25) is 0 Å². The van der Waals surface area contributed by atoms with E-state index in [1.165, 1.54) is 0 Å². The average molecular weight is 255 g/mol. The zero-order valence-electron chi connectivity index (χ0n) is 11.3. The number of hydrogen-bond donors (Lipinski definition) is 1. The number of nitrogens with two attached hydrogens (primary N) is 1. The molecule has 2 rings (SSSR count). The van der Waals surface area contributed by atoms with E-state index < -0.39 is 0 Å². The number of carbonyl (C=O) groups is 1. The highest BCUT2D eigenvalue weighted by atomic mass is 16.5. The molecule has 2 atom stereocenters. The quantitative estimate of drug-likeness (QED) is 0.762. The third-order valence-electron chi connectivity index (χ3n) is 4.16. The van der Waals surface area contributed by atoms with Crippen molar-refractivity contribution in [3.63, 3.8) is 0 Å². The predicted molar refractivity (Wildman–Crippen MR) is 70.2 cm³/mol. The van der Waals surface area contributed by atoms with Crippen molar-refractivity contribution in [2.24, 2.45) is 11.7 Å². The number of likely N-dealkylation sites (tertiary alicyclic amines) is 1. The Bertz CT molecular complexity index is 275. The second-order valence-corrected chi connectivity index (χ2v) is 5.22. The molecule has 0 bridgehead atoms. The summed E-state index contributed by atoms with van der Waals surface area (Å²) in [6.07, 6.45) is 1.93. The van der Waals surface area contributed by atoms with Crippen LogP contribution in [0.1, 0.15) is 19.8 Å². The molecule has 2 N–H and O–H groups in total. The van der Waals surface area contributed by atoms with Crippen molar-refractivity contribution in [2.45, 2.75) is 25.8 Å². The topological polar surface area (TPSA) is 58.8 Å². The summed E-state index contributed by atoms with van der Waals surface area (Å²) >= 11 is 0. The molecule has 104 valence electrons. The first-order chi connectivity index (χ1) is 8.76. The normalized spacial score (nSPS) is 27.4. The van der Waals surface area contributed by atoms with Gasteiger partial charge in [-0.25, -0.2) is 0 Å². The van der Waals surface area contributed by atoms with E-state index in [1.54, 1.807) is 0 Å². The average Bonchev–Trinajstić information content (AvgIpc) is 2.90. The number of ether oxygens (including phenoxy) is 1. The highest BCUT2D eigenvalue weighted by Gasteiger charge is 2.32. The van der Waals surface area contributed by atoms with Crippen LogP contribution in [0.25, 0.3) is 0 Å². The highest BCUT2D eigenvalue weighted by molar-refractivity contribution is 5.79. The molecule has 0 aromatic heterocycles. The molecule has 2 heterocycles. The fraction of sp³-hybridized carbons (Fsp3) is 0.923. The van der Waals surface area contributed by atoms with Crippen molar-refractivity contribution in [1.29, 1.82) is 0 Å². The van der Waals surface area contributed by atoms with Crippen molar-refractivity contribution in [2.75, 3.05) is 45.9 Å². The summed E-state index contributed by atoms with van der Waals surface area (Å²) in [7, 11) is 0. The van der Waals surface area contributed by atoms with Gasteiger partial charge < -0.3 is 15.4 Å². The van der Waals surface area contributed by atoms with Gasteiger partial charge in [0.05, 0.1) is 19.1 Å². The molecule has 0 saturated carbocycles. The van der Waals surface area contributed by atoms with Gasteiger partial charge in [-0.1, -0.05) is 6.92 Å². The van der Waals surface area contributed by atoms with Gasteiger partial charge in [-0.2, -0.15) is 0 Å². The summed E-state index contributed by atoms with van der Waals surface area (Å²) in [6.45, 7) is 7.91. The van der Waals surface area contributed by atoms with Gasteiger partial charge >= 0.3 is 0 Å². The molecule has 0 aromatic carbocycles. The first-order valence-electron chi connectivity index (χ1n) is 7.07. The number of nitrogens with zero attached hydrogens (tertiary/aromatic N) is 2. The molecule has 0 radical (unpaired) electrons. The van der Waals surface area contributed by atoms with Gasteiger partial charge in [0.15, 0.2) is 0 Å². The van der Waals surface area contributed by atoms with Gasteiger partial charge in [0.25, 0.3) is 0 Å². The molecule has 0 spiro atoms. The molecule has 18 heavy (non-hydrogen) atoms. The molecular formula is C13H25N3O2. The highest BCUT2D eigenvalue weighted by Crippen LogP contribution is 2.19. The molecule has 1 amide bonds. The Labute approximate surface area is 109 Å². The number of morpholine rings is 1. The van der Waals surface area contributed by atoms with Crippen molar-refractivity contribution < 1.29 is 9.53 Å². The Balaban J connectivity index is 1.85. The van der Waals surface area contributed by atoms with Crippen molar-refractivity contribution >= 4 is 5.91 Å². The lowest BCUT2D eigenvalue weighted by Gasteiger charge is -2.32. The molecule has 2 fully saturated rings.